The Morgan fingerprint density at radius 1 is 1.50 bits per heavy atom. The van der Waals surface area contributed by atoms with Gasteiger partial charge in [-0.15, -0.1) is 0 Å². The molecule has 80 valence electrons. The summed E-state index contributed by atoms with van der Waals surface area (Å²) in [6, 6.07) is 1.97. The fraction of sp³-hybridized carbons (Fsp3) is 0.455. The van der Waals surface area contributed by atoms with Crippen molar-refractivity contribution in [3.05, 3.63) is 11.0 Å². The molecular weight excluding hydrogens is 222 g/mol. The van der Waals surface area contributed by atoms with Gasteiger partial charge in [-0.05, 0) is 29.7 Å². The van der Waals surface area contributed by atoms with Crippen LogP contribution in [0.1, 0.15) is 19.3 Å². The molecule has 3 aliphatic rings. The van der Waals surface area contributed by atoms with Crippen molar-refractivity contribution >= 4 is 28.5 Å². The first-order chi connectivity index (χ1) is 7.79. The molecule has 1 fully saturated rings. The largest absolute Gasteiger partial charge is 0.271 e. The highest BCUT2D eigenvalue weighted by Gasteiger charge is 2.42. The number of thioether (sulfide) groups is 1. The minimum Gasteiger partial charge on any atom is -0.271 e. The molecule has 3 rings (SSSR count). The molecule has 1 atom stereocenters. The summed E-state index contributed by atoms with van der Waals surface area (Å²) in [5.74, 6) is 0.567. The van der Waals surface area contributed by atoms with Gasteiger partial charge in [-0.2, -0.15) is 10.3 Å². The van der Waals surface area contributed by atoms with Gasteiger partial charge in [-0.25, -0.2) is 4.99 Å². The molecule has 0 aromatic carbocycles. The van der Waals surface area contributed by atoms with Gasteiger partial charge in [0.1, 0.15) is 11.8 Å². The van der Waals surface area contributed by atoms with Crippen LogP contribution in [0.5, 0.6) is 0 Å². The van der Waals surface area contributed by atoms with E-state index in [0.717, 1.165) is 5.04 Å². The molecule has 0 saturated heterocycles. The van der Waals surface area contributed by atoms with Gasteiger partial charge >= 0.3 is 0 Å². The third-order valence-corrected chi connectivity index (χ3v) is 3.87. The Balaban J connectivity index is 1.89. The lowest BCUT2D eigenvalue weighted by Gasteiger charge is -2.15. The van der Waals surface area contributed by atoms with E-state index in [1.807, 2.05) is 11.5 Å². The van der Waals surface area contributed by atoms with Crippen molar-refractivity contribution in [2.75, 3.05) is 0 Å². The average Bonchev–Trinajstić information content (AvgIpc) is 3.00. The van der Waals surface area contributed by atoms with Gasteiger partial charge in [0.25, 0.3) is 5.91 Å². The van der Waals surface area contributed by atoms with E-state index >= 15 is 0 Å². The quantitative estimate of drug-likeness (QED) is 0.729. The number of carbonyl (C=O) groups excluding carboxylic acids is 1. The van der Waals surface area contributed by atoms with E-state index in [4.69, 9.17) is 5.26 Å². The first kappa shape index (κ1) is 9.79. The van der Waals surface area contributed by atoms with E-state index < -0.39 is 0 Å². The van der Waals surface area contributed by atoms with E-state index in [1.165, 1.54) is 30.2 Å². The number of nitrogens with zero attached hydrogens (tertiary/aromatic N) is 3. The molecule has 1 amide bonds. The first-order valence-electron chi connectivity index (χ1n) is 5.23. The standard InChI is InChI=1S/C11H9N3OS/c12-4-3-8-13-10(15)9-7(6-1-2-6)5-16-11(9)14-8/h5-6,9H,1-3H2. The Morgan fingerprint density at radius 2 is 2.31 bits per heavy atom. The summed E-state index contributed by atoms with van der Waals surface area (Å²) in [5, 5.41) is 11.4. The average molecular weight is 231 g/mol. The highest BCUT2D eigenvalue weighted by Crippen LogP contribution is 2.47. The molecule has 16 heavy (non-hydrogen) atoms. The zero-order valence-corrected chi connectivity index (χ0v) is 9.33. The van der Waals surface area contributed by atoms with Gasteiger partial charge in [0.2, 0.25) is 0 Å². The Labute approximate surface area is 97.1 Å². The number of aliphatic imine (C=N–C) groups is 2. The summed E-state index contributed by atoms with van der Waals surface area (Å²) >= 11 is 1.51. The predicted molar refractivity (Wildman–Crippen MR) is 62.0 cm³/mol. The molecular formula is C11H9N3OS. The molecule has 4 nitrogen and oxygen atoms in total. The minimum atomic E-state index is -0.222. The third-order valence-electron chi connectivity index (χ3n) is 2.91. The van der Waals surface area contributed by atoms with Crippen LogP contribution in [0.3, 0.4) is 0 Å². The predicted octanol–water partition coefficient (Wildman–Crippen LogP) is 1.89. The lowest BCUT2D eigenvalue weighted by atomic mass is 9.96. The van der Waals surface area contributed by atoms with Gasteiger partial charge in [0.15, 0.2) is 0 Å². The molecule has 1 saturated carbocycles. The molecule has 0 aromatic heterocycles. The number of nitriles is 1. The van der Waals surface area contributed by atoms with Crippen LogP contribution in [0, 0.1) is 23.2 Å². The van der Waals surface area contributed by atoms with Crippen LogP contribution < -0.4 is 0 Å². The summed E-state index contributed by atoms with van der Waals surface area (Å²) in [6.07, 6.45) is 2.47. The molecule has 0 spiro atoms. The number of rotatable bonds is 2. The number of amides is 1. The normalized spacial score (nSPS) is 27.8. The van der Waals surface area contributed by atoms with Crippen LogP contribution in [-0.2, 0) is 4.79 Å². The fourth-order valence-corrected chi connectivity index (χ4v) is 3.10. The van der Waals surface area contributed by atoms with Crippen LogP contribution in [0.25, 0.3) is 0 Å². The molecule has 1 aliphatic carbocycles. The maximum atomic E-state index is 11.9. The number of fused-ring (bicyclic) bond motifs is 1. The van der Waals surface area contributed by atoms with E-state index in [0.29, 0.717) is 11.8 Å². The molecule has 2 heterocycles. The Bertz CT molecular complexity index is 494. The van der Waals surface area contributed by atoms with Crippen LogP contribution in [0.4, 0.5) is 0 Å². The SMILES string of the molecule is N#CCC1=NC(=O)C2C(C3CC3)=CSC2=N1. The Kier molecular flexibility index (Phi) is 2.18. The van der Waals surface area contributed by atoms with Gasteiger partial charge < -0.3 is 0 Å². The maximum absolute atomic E-state index is 11.9. The number of carbonyl (C=O) groups is 1. The van der Waals surface area contributed by atoms with Crippen LogP contribution >= 0.6 is 11.8 Å². The van der Waals surface area contributed by atoms with Crippen molar-refractivity contribution in [2.24, 2.45) is 21.8 Å². The molecule has 0 bridgehead atoms. The number of hydrogen-bond donors (Lipinski definition) is 0. The lowest BCUT2D eigenvalue weighted by Crippen LogP contribution is -2.25. The zero-order chi connectivity index (χ0) is 11.1. The molecule has 0 radical (unpaired) electrons. The topological polar surface area (TPSA) is 65.6 Å². The van der Waals surface area contributed by atoms with Gasteiger partial charge in [-0.1, -0.05) is 11.8 Å². The number of hydrogen-bond acceptors (Lipinski definition) is 4. The van der Waals surface area contributed by atoms with E-state index in [9.17, 15) is 4.79 Å². The van der Waals surface area contributed by atoms with Crippen molar-refractivity contribution < 1.29 is 4.79 Å². The fourth-order valence-electron chi connectivity index (χ4n) is 1.99. The summed E-state index contributed by atoms with van der Waals surface area (Å²) in [6.45, 7) is 0. The second-order valence-corrected chi connectivity index (χ2v) is 4.98. The van der Waals surface area contributed by atoms with Crippen LogP contribution in [0.2, 0.25) is 0 Å². The highest BCUT2D eigenvalue weighted by atomic mass is 32.2. The van der Waals surface area contributed by atoms with Crippen molar-refractivity contribution in [3.8, 4) is 6.07 Å². The summed E-state index contributed by atoms with van der Waals surface area (Å²) in [5.41, 5.74) is 1.19. The highest BCUT2D eigenvalue weighted by molar-refractivity contribution is 8.17. The minimum absolute atomic E-state index is 0.112. The molecule has 0 aromatic rings. The van der Waals surface area contributed by atoms with E-state index in [1.54, 1.807) is 0 Å². The van der Waals surface area contributed by atoms with Gasteiger partial charge in [0, 0.05) is 0 Å². The Hall–Kier alpha value is -1.41. The summed E-state index contributed by atoms with van der Waals surface area (Å²) in [7, 11) is 0. The number of amidine groups is 1. The second-order valence-electron chi connectivity index (χ2n) is 4.09. The maximum Gasteiger partial charge on any atom is 0.261 e. The van der Waals surface area contributed by atoms with Gasteiger partial charge in [-0.3, -0.25) is 4.79 Å². The van der Waals surface area contributed by atoms with Crippen molar-refractivity contribution in [2.45, 2.75) is 19.3 Å². The molecule has 1 unspecified atom stereocenters. The molecule has 2 aliphatic heterocycles. The lowest BCUT2D eigenvalue weighted by molar-refractivity contribution is -0.118. The third kappa shape index (κ3) is 1.50. The zero-order valence-electron chi connectivity index (χ0n) is 8.51. The van der Waals surface area contributed by atoms with Crippen LogP contribution in [-0.4, -0.2) is 16.8 Å². The van der Waals surface area contributed by atoms with E-state index in [2.05, 4.69) is 9.98 Å². The van der Waals surface area contributed by atoms with Gasteiger partial charge in [0.05, 0.1) is 17.5 Å². The Morgan fingerprint density at radius 3 is 3.00 bits per heavy atom. The van der Waals surface area contributed by atoms with Crippen molar-refractivity contribution in [3.63, 3.8) is 0 Å². The van der Waals surface area contributed by atoms with Crippen molar-refractivity contribution in [1.82, 2.24) is 0 Å². The van der Waals surface area contributed by atoms with Crippen molar-refractivity contribution in [1.29, 1.82) is 5.26 Å². The second kappa shape index (κ2) is 3.56. The summed E-state index contributed by atoms with van der Waals surface area (Å²) in [4.78, 5) is 20.0. The molecule has 5 heteroatoms. The van der Waals surface area contributed by atoms with E-state index in [-0.39, 0.29) is 18.2 Å². The smallest absolute Gasteiger partial charge is 0.261 e. The first-order valence-corrected chi connectivity index (χ1v) is 6.11. The molecule has 0 N–H and O–H groups in total. The summed E-state index contributed by atoms with van der Waals surface area (Å²) < 4.78 is 0. The van der Waals surface area contributed by atoms with Crippen LogP contribution in [0.15, 0.2) is 21.0 Å². The monoisotopic (exact) mass is 231 g/mol.